The second-order valence-corrected chi connectivity index (χ2v) is 26.0. The number of nitrogens with zero attached hydrogens (tertiary/aromatic N) is 10. The lowest BCUT2D eigenvalue weighted by Crippen LogP contribution is -2.26. The van der Waals surface area contributed by atoms with Crippen LogP contribution in [0.1, 0.15) is 113 Å². The van der Waals surface area contributed by atoms with Gasteiger partial charge in [0.25, 0.3) is 35.4 Å². The first-order valence-corrected chi connectivity index (χ1v) is 34.1. The number of pyridine rings is 1. The zero-order valence-corrected chi connectivity index (χ0v) is 57.6. The Balaban J connectivity index is 0.000000139. The van der Waals surface area contributed by atoms with Gasteiger partial charge in [-0.1, -0.05) is 54.6 Å². The number of hydrogen-bond acceptors (Lipinski definition) is 16. The number of aromatic nitrogens is 9. The summed E-state index contributed by atoms with van der Waals surface area (Å²) in [5.74, 6) is -1.15. The van der Waals surface area contributed by atoms with Gasteiger partial charge in [-0.3, -0.25) is 38.8 Å². The molecule has 12 aromatic rings. The molecule has 8 aromatic carbocycles. The van der Waals surface area contributed by atoms with Gasteiger partial charge in [0.05, 0.1) is 22.4 Å². The SMILES string of the molecule is CN1CCc2ccc(NC(=O)c3cccc(CNC(=O)c4cc(-c5cccnc5)n[nH]4)c3)cc2C1.CN1CCc2ccc(NC(=O)c3cccc(CNC(=O)c4ccc(-n5cnnn5)cc4)c3)cc2C1.CN1CCc2ccc(NC(=O)c3cccc(CNC(=O)c4nc5ccc(N)cc5[nH]4)c3)cc2C1. The molecule has 0 bridgehead atoms. The number of benzene rings is 8. The van der Waals surface area contributed by atoms with E-state index in [1.54, 1.807) is 97.3 Å². The summed E-state index contributed by atoms with van der Waals surface area (Å²) in [4.78, 5) is 94.5. The van der Waals surface area contributed by atoms with Crippen LogP contribution in [-0.2, 0) is 58.5 Å². The number of amides is 6. The summed E-state index contributed by atoms with van der Waals surface area (Å²) in [6.07, 6.45) is 7.94. The summed E-state index contributed by atoms with van der Waals surface area (Å²) in [6, 6.07) is 57.6. The largest absolute Gasteiger partial charge is 0.399 e. The molecule has 104 heavy (non-hydrogen) atoms. The van der Waals surface area contributed by atoms with Gasteiger partial charge in [0.2, 0.25) is 0 Å². The van der Waals surface area contributed by atoms with Gasteiger partial charge in [-0.15, -0.1) is 5.10 Å². The fraction of sp³-hybridized carbons (Fsp3) is 0.190. The summed E-state index contributed by atoms with van der Waals surface area (Å²) in [7, 11) is 6.30. The molecule has 25 nitrogen and oxygen atoms in total. The molecule has 0 saturated carbocycles. The highest BCUT2D eigenvalue weighted by Crippen LogP contribution is 2.27. The maximum absolute atomic E-state index is 12.9. The molecule has 25 heteroatoms. The predicted octanol–water partition coefficient (Wildman–Crippen LogP) is 9.79. The van der Waals surface area contributed by atoms with Gasteiger partial charge in [0.15, 0.2) is 5.82 Å². The van der Waals surface area contributed by atoms with Crippen molar-refractivity contribution in [1.82, 2.24) is 76.0 Å². The molecule has 3 aliphatic rings. The Kier molecular flexibility index (Phi) is 21.6. The predicted molar refractivity (Wildman–Crippen MR) is 398 cm³/mol. The molecule has 4 aromatic heterocycles. The van der Waals surface area contributed by atoms with Crippen molar-refractivity contribution in [3.05, 3.63) is 291 Å². The van der Waals surface area contributed by atoms with Crippen LogP contribution in [0.3, 0.4) is 0 Å². The molecule has 0 atom stereocenters. The molecular formula is C79H77N19O6. The van der Waals surface area contributed by atoms with E-state index in [2.05, 4.69) is 139 Å². The number of H-pyrrole nitrogens is 2. The summed E-state index contributed by atoms with van der Waals surface area (Å²) in [5.41, 5.74) is 25.1. The molecule has 7 heterocycles. The fourth-order valence-corrected chi connectivity index (χ4v) is 12.5. The number of carbonyl (C=O) groups excluding carboxylic acids is 6. The topological polar surface area (TPSA) is 324 Å². The number of nitrogen functional groups attached to an aromatic ring is 1. The minimum absolute atomic E-state index is 0.180. The molecule has 524 valence electrons. The van der Waals surface area contributed by atoms with Gasteiger partial charge in [0, 0.05) is 122 Å². The van der Waals surface area contributed by atoms with E-state index in [0.29, 0.717) is 56.9 Å². The van der Waals surface area contributed by atoms with Gasteiger partial charge in [-0.05, 0) is 234 Å². The van der Waals surface area contributed by atoms with E-state index in [0.717, 1.165) is 104 Å². The number of rotatable bonds is 17. The molecule has 0 spiro atoms. The lowest BCUT2D eigenvalue weighted by molar-refractivity contribution is 0.0935. The molecule has 3 aliphatic heterocycles. The Bertz CT molecular complexity index is 5110. The van der Waals surface area contributed by atoms with Gasteiger partial charge >= 0.3 is 0 Å². The third-order valence-electron chi connectivity index (χ3n) is 18.2. The minimum Gasteiger partial charge on any atom is -0.399 e. The molecule has 0 radical (unpaired) electrons. The van der Waals surface area contributed by atoms with Gasteiger partial charge in [0.1, 0.15) is 12.0 Å². The maximum atomic E-state index is 12.9. The Morgan fingerprint density at radius 1 is 0.481 bits per heavy atom. The van der Waals surface area contributed by atoms with Crippen LogP contribution in [0.2, 0.25) is 0 Å². The molecule has 0 fully saturated rings. The lowest BCUT2D eigenvalue weighted by atomic mass is 9.99. The Morgan fingerprint density at radius 3 is 1.46 bits per heavy atom. The lowest BCUT2D eigenvalue weighted by Gasteiger charge is -2.25. The van der Waals surface area contributed by atoms with Crippen molar-refractivity contribution in [1.29, 1.82) is 0 Å². The van der Waals surface area contributed by atoms with Crippen LogP contribution in [0.15, 0.2) is 207 Å². The molecular weight excluding hydrogens is 1310 g/mol. The molecule has 6 amide bonds. The van der Waals surface area contributed by atoms with Gasteiger partial charge < -0.3 is 57.3 Å². The average molecular weight is 1390 g/mol. The summed E-state index contributed by atoms with van der Waals surface area (Å²) >= 11 is 0. The van der Waals surface area contributed by atoms with Crippen molar-refractivity contribution in [2.75, 3.05) is 62.5 Å². The molecule has 0 unspecified atom stereocenters. The monoisotopic (exact) mass is 1390 g/mol. The molecule has 10 N–H and O–H groups in total. The van der Waals surface area contributed by atoms with Crippen molar-refractivity contribution < 1.29 is 28.8 Å². The van der Waals surface area contributed by atoms with Crippen LogP contribution in [-0.4, -0.2) is 136 Å². The number of tetrazole rings is 1. The number of aromatic amines is 2. The van der Waals surface area contributed by atoms with Crippen LogP contribution < -0.4 is 37.6 Å². The number of imidazole rings is 1. The van der Waals surface area contributed by atoms with Gasteiger partial charge in [-0.2, -0.15) is 5.10 Å². The normalized spacial score (nSPS) is 13.3. The summed E-state index contributed by atoms with van der Waals surface area (Å²) in [5, 5.41) is 35.6. The zero-order valence-electron chi connectivity index (χ0n) is 57.6. The number of hydrogen-bond donors (Lipinski definition) is 9. The highest BCUT2D eigenvalue weighted by atomic mass is 16.2. The third-order valence-corrected chi connectivity index (χ3v) is 18.2. The van der Waals surface area contributed by atoms with Crippen LogP contribution in [0, 0.1) is 0 Å². The van der Waals surface area contributed by atoms with Crippen LogP contribution in [0.4, 0.5) is 22.7 Å². The van der Waals surface area contributed by atoms with Crippen molar-refractivity contribution in [2.24, 2.45) is 0 Å². The Hall–Kier alpha value is -12.8. The Labute approximate surface area is 599 Å². The number of anilines is 4. The van der Waals surface area contributed by atoms with Crippen molar-refractivity contribution in [2.45, 2.75) is 58.5 Å². The first kappa shape index (κ1) is 69.6. The quantitative estimate of drug-likeness (QED) is 0.0383. The van der Waals surface area contributed by atoms with Crippen LogP contribution in [0.5, 0.6) is 0 Å². The van der Waals surface area contributed by atoms with E-state index in [1.807, 2.05) is 72.8 Å². The van der Waals surface area contributed by atoms with E-state index >= 15 is 0 Å². The summed E-state index contributed by atoms with van der Waals surface area (Å²) in [6.45, 7) is 6.65. The highest BCUT2D eigenvalue weighted by Gasteiger charge is 2.21. The molecule has 0 aliphatic carbocycles. The Morgan fingerprint density at radius 2 is 0.981 bits per heavy atom. The standard InChI is InChI=1S/C27H26N6O2.C26H25N7O2.C26H26N6O2/c1-33-11-9-19-7-8-23(13-22(19)17-33)30-26(34)20-5-2-4-18(12-20)15-29-27(35)25-14-24(31-32-25)21-6-3-10-28-16-21;1-32-12-11-19-5-8-23(14-22(19)16-32)29-26(35)21-4-2-3-18(13-21)15-27-25(34)20-6-9-24(10-7-20)33-17-28-30-31-33;1-32-10-9-17-5-7-21(12-19(17)15-32)29-25(33)18-4-2-3-16(11-18)14-28-26(34)24-30-22-8-6-20(27)13-23(22)31-24/h2-8,10,12-14,16H,9,11,15,17H2,1H3,(H,29,35)(H,30,34)(H,31,32);2-10,13-14,17H,11-12,15-16H2,1H3,(H,27,34)(H,29,35);2-8,11-13H,9-10,14-15,27H2,1H3,(H,28,34)(H,29,33)(H,30,31). The zero-order chi connectivity index (χ0) is 72.1. The van der Waals surface area contributed by atoms with E-state index < -0.39 is 0 Å². The summed E-state index contributed by atoms with van der Waals surface area (Å²) < 4.78 is 1.51. The highest BCUT2D eigenvalue weighted by molar-refractivity contribution is 6.06. The maximum Gasteiger partial charge on any atom is 0.287 e. The van der Waals surface area contributed by atoms with E-state index in [4.69, 9.17) is 5.73 Å². The van der Waals surface area contributed by atoms with Crippen molar-refractivity contribution >= 4 is 69.2 Å². The van der Waals surface area contributed by atoms with E-state index in [-0.39, 0.29) is 54.4 Å². The molecule has 15 rings (SSSR count). The first-order valence-electron chi connectivity index (χ1n) is 34.1. The second-order valence-electron chi connectivity index (χ2n) is 26.0. The number of nitrogens with two attached hydrogens (primary N) is 1. The number of likely N-dealkylation sites (N-methyl/N-ethyl adjacent to an activating group) is 3. The van der Waals surface area contributed by atoms with E-state index in [9.17, 15) is 28.8 Å². The smallest absolute Gasteiger partial charge is 0.287 e. The van der Waals surface area contributed by atoms with Crippen LogP contribution in [0.25, 0.3) is 28.0 Å². The first-order chi connectivity index (χ1) is 50.5. The molecule has 0 saturated heterocycles. The second kappa shape index (κ2) is 32.2. The van der Waals surface area contributed by atoms with Crippen molar-refractivity contribution in [3.8, 4) is 16.9 Å². The minimum atomic E-state index is -0.330. The van der Waals surface area contributed by atoms with E-state index in [1.165, 1.54) is 44.4 Å². The number of nitrogens with one attached hydrogen (secondary N) is 8. The third kappa shape index (κ3) is 17.8. The number of carbonyl (C=O) groups is 6. The van der Waals surface area contributed by atoms with Crippen molar-refractivity contribution in [3.63, 3.8) is 0 Å². The fourth-order valence-electron chi connectivity index (χ4n) is 12.5. The van der Waals surface area contributed by atoms with Crippen LogP contribution >= 0.6 is 0 Å². The van der Waals surface area contributed by atoms with Gasteiger partial charge in [-0.25, -0.2) is 9.67 Å². The number of fused-ring (bicyclic) bond motifs is 4. The average Bonchev–Trinajstić information content (AvgIpc) is 1.52.